The molecule has 4 nitrogen and oxygen atoms in total. The van der Waals surface area contributed by atoms with Crippen LogP contribution in [0.3, 0.4) is 0 Å². The zero-order chi connectivity index (χ0) is 14.9. The summed E-state index contributed by atoms with van der Waals surface area (Å²) in [5, 5.41) is 10.9. The van der Waals surface area contributed by atoms with E-state index in [4.69, 9.17) is 9.47 Å². The molecule has 1 heterocycles. The van der Waals surface area contributed by atoms with Gasteiger partial charge in [0.1, 0.15) is 0 Å². The first-order valence-electron chi connectivity index (χ1n) is 7.19. The molecular formula is C15H28O4. The second-order valence-electron chi connectivity index (χ2n) is 6.62. The highest BCUT2D eigenvalue weighted by atomic mass is 16.6. The molecule has 2 atom stereocenters. The molecule has 1 rings (SSSR count). The van der Waals surface area contributed by atoms with Crippen molar-refractivity contribution in [3.8, 4) is 0 Å². The molecule has 0 amide bonds. The van der Waals surface area contributed by atoms with E-state index in [0.717, 1.165) is 6.42 Å². The Labute approximate surface area is 116 Å². The number of carbonyl (C=O) groups excluding carboxylic acids is 1. The van der Waals surface area contributed by atoms with Crippen LogP contribution >= 0.6 is 0 Å². The first-order chi connectivity index (χ1) is 8.59. The van der Waals surface area contributed by atoms with Crippen LogP contribution in [0.5, 0.6) is 0 Å². The molecule has 1 aliphatic heterocycles. The largest absolute Gasteiger partial charge is 0.464 e. The van der Waals surface area contributed by atoms with Crippen molar-refractivity contribution in [1.29, 1.82) is 0 Å². The minimum absolute atomic E-state index is 0.256. The number of aliphatic hydroxyl groups is 1. The van der Waals surface area contributed by atoms with Gasteiger partial charge >= 0.3 is 5.97 Å². The van der Waals surface area contributed by atoms with E-state index in [9.17, 15) is 9.90 Å². The van der Waals surface area contributed by atoms with Crippen molar-refractivity contribution in [3.05, 3.63) is 0 Å². The summed E-state index contributed by atoms with van der Waals surface area (Å²) in [4.78, 5) is 12.2. The zero-order valence-electron chi connectivity index (χ0n) is 13.1. The van der Waals surface area contributed by atoms with Crippen molar-refractivity contribution >= 4 is 5.97 Å². The van der Waals surface area contributed by atoms with Gasteiger partial charge in [0.05, 0.1) is 17.8 Å². The van der Waals surface area contributed by atoms with E-state index in [0.29, 0.717) is 12.8 Å². The average molecular weight is 272 g/mol. The Balaban J connectivity index is 3.08. The number of rotatable bonds is 5. The van der Waals surface area contributed by atoms with Crippen molar-refractivity contribution in [2.24, 2.45) is 5.92 Å². The summed E-state index contributed by atoms with van der Waals surface area (Å²) in [6.07, 6.45) is 1.77. The number of esters is 1. The van der Waals surface area contributed by atoms with Crippen molar-refractivity contribution in [3.63, 3.8) is 0 Å². The van der Waals surface area contributed by atoms with Gasteiger partial charge in [0.15, 0.2) is 5.60 Å². The van der Waals surface area contributed by atoms with Gasteiger partial charge in [-0.2, -0.15) is 0 Å². The molecule has 0 saturated carbocycles. The Morgan fingerprint density at radius 1 is 1.37 bits per heavy atom. The third-order valence-corrected chi connectivity index (χ3v) is 3.91. The van der Waals surface area contributed by atoms with Gasteiger partial charge in [0.25, 0.3) is 0 Å². The van der Waals surface area contributed by atoms with Crippen LogP contribution in [0.4, 0.5) is 0 Å². The molecule has 2 unspecified atom stereocenters. The fraction of sp³-hybridized carbons (Fsp3) is 0.933. The third kappa shape index (κ3) is 3.29. The molecule has 19 heavy (non-hydrogen) atoms. The standard InChI is InChI=1S/C15H28O4/c1-7-9-15(17,12(16)18-8-2)11-10-13(3,4)19-14(11,5)6/h11,17H,7-10H2,1-6H3. The lowest BCUT2D eigenvalue weighted by molar-refractivity contribution is -0.181. The lowest BCUT2D eigenvalue weighted by Gasteiger charge is -2.38. The van der Waals surface area contributed by atoms with E-state index in [-0.39, 0.29) is 18.1 Å². The van der Waals surface area contributed by atoms with Crippen molar-refractivity contribution in [2.75, 3.05) is 6.61 Å². The van der Waals surface area contributed by atoms with Crippen molar-refractivity contribution in [1.82, 2.24) is 0 Å². The van der Waals surface area contributed by atoms with E-state index < -0.39 is 17.2 Å². The average Bonchev–Trinajstić information content (AvgIpc) is 2.47. The van der Waals surface area contributed by atoms with Crippen molar-refractivity contribution < 1.29 is 19.4 Å². The molecule has 112 valence electrons. The minimum atomic E-state index is -1.46. The van der Waals surface area contributed by atoms with Crippen LogP contribution in [-0.2, 0) is 14.3 Å². The molecule has 1 fully saturated rings. The van der Waals surface area contributed by atoms with Crippen LogP contribution in [0.25, 0.3) is 0 Å². The van der Waals surface area contributed by atoms with Gasteiger partial charge in [-0.3, -0.25) is 0 Å². The van der Waals surface area contributed by atoms with E-state index in [2.05, 4.69) is 0 Å². The maximum absolute atomic E-state index is 12.2. The number of carbonyl (C=O) groups is 1. The maximum atomic E-state index is 12.2. The van der Waals surface area contributed by atoms with Gasteiger partial charge in [-0.05, 0) is 47.5 Å². The molecule has 0 aromatic rings. The molecule has 1 saturated heterocycles. The lowest BCUT2D eigenvalue weighted by Crippen LogP contribution is -2.53. The molecule has 0 aliphatic carbocycles. The van der Waals surface area contributed by atoms with Gasteiger partial charge in [-0.25, -0.2) is 4.79 Å². The Bertz CT molecular complexity index is 335. The van der Waals surface area contributed by atoms with E-state index in [1.54, 1.807) is 6.92 Å². The summed E-state index contributed by atoms with van der Waals surface area (Å²) in [6, 6.07) is 0. The number of hydrogen-bond acceptors (Lipinski definition) is 4. The Morgan fingerprint density at radius 3 is 2.32 bits per heavy atom. The van der Waals surface area contributed by atoms with Gasteiger partial charge < -0.3 is 14.6 Å². The Hall–Kier alpha value is -0.610. The quantitative estimate of drug-likeness (QED) is 0.782. The van der Waals surface area contributed by atoms with E-state index in [1.807, 2.05) is 34.6 Å². The highest BCUT2D eigenvalue weighted by Crippen LogP contribution is 2.48. The fourth-order valence-corrected chi connectivity index (χ4v) is 3.36. The Morgan fingerprint density at radius 2 is 1.95 bits per heavy atom. The van der Waals surface area contributed by atoms with Crippen LogP contribution in [0.15, 0.2) is 0 Å². The molecule has 0 bridgehead atoms. The summed E-state index contributed by atoms with van der Waals surface area (Å²) < 4.78 is 11.1. The topological polar surface area (TPSA) is 55.8 Å². The Kier molecular flexibility index (Phi) is 4.68. The zero-order valence-corrected chi connectivity index (χ0v) is 13.1. The summed E-state index contributed by atoms with van der Waals surface area (Å²) in [5.41, 5.74) is -2.33. The van der Waals surface area contributed by atoms with Gasteiger partial charge in [-0.1, -0.05) is 13.3 Å². The number of ether oxygens (including phenoxy) is 2. The monoisotopic (exact) mass is 272 g/mol. The van der Waals surface area contributed by atoms with Crippen LogP contribution < -0.4 is 0 Å². The predicted octanol–water partition coefficient (Wildman–Crippen LogP) is 2.67. The molecule has 1 aliphatic rings. The van der Waals surface area contributed by atoms with E-state index in [1.165, 1.54) is 0 Å². The van der Waals surface area contributed by atoms with Crippen molar-refractivity contribution in [2.45, 2.75) is 77.6 Å². The molecule has 0 aromatic carbocycles. The lowest BCUT2D eigenvalue weighted by atomic mass is 9.72. The molecule has 4 heteroatoms. The molecule has 1 N–H and O–H groups in total. The van der Waals surface area contributed by atoms with Crippen LogP contribution in [0.2, 0.25) is 0 Å². The van der Waals surface area contributed by atoms with Crippen LogP contribution in [0, 0.1) is 5.92 Å². The van der Waals surface area contributed by atoms with Crippen LogP contribution in [-0.4, -0.2) is 34.5 Å². The van der Waals surface area contributed by atoms with Gasteiger partial charge in [0, 0.05) is 5.92 Å². The summed E-state index contributed by atoms with van der Waals surface area (Å²) in [6.45, 7) is 11.8. The minimum Gasteiger partial charge on any atom is -0.464 e. The smallest absolute Gasteiger partial charge is 0.338 e. The first-order valence-corrected chi connectivity index (χ1v) is 7.19. The molecule has 0 aromatic heterocycles. The summed E-state index contributed by atoms with van der Waals surface area (Å²) >= 11 is 0. The number of hydrogen-bond donors (Lipinski definition) is 1. The predicted molar refractivity (Wildman–Crippen MR) is 73.8 cm³/mol. The summed E-state index contributed by atoms with van der Waals surface area (Å²) in [7, 11) is 0. The maximum Gasteiger partial charge on any atom is 0.338 e. The second-order valence-corrected chi connectivity index (χ2v) is 6.62. The van der Waals surface area contributed by atoms with Crippen LogP contribution in [0.1, 0.15) is 60.8 Å². The SMILES string of the molecule is CCCC(O)(C(=O)OCC)C1CC(C)(C)OC1(C)C. The molecule has 0 spiro atoms. The first kappa shape index (κ1) is 16.4. The summed E-state index contributed by atoms with van der Waals surface area (Å²) in [5.74, 6) is -0.773. The second kappa shape index (κ2) is 5.41. The van der Waals surface area contributed by atoms with E-state index >= 15 is 0 Å². The highest BCUT2D eigenvalue weighted by molar-refractivity contribution is 5.80. The fourth-order valence-electron chi connectivity index (χ4n) is 3.36. The normalized spacial score (nSPS) is 27.8. The highest BCUT2D eigenvalue weighted by Gasteiger charge is 2.58. The third-order valence-electron chi connectivity index (χ3n) is 3.91. The van der Waals surface area contributed by atoms with Gasteiger partial charge in [-0.15, -0.1) is 0 Å². The van der Waals surface area contributed by atoms with Gasteiger partial charge in [0.2, 0.25) is 0 Å². The molecular weight excluding hydrogens is 244 g/mol. The molecule has 0 radical (unpaired) electrons.